The number of hydrogen-bond acceptors (Lipinski definition) is 2. The number of anilines is 1. The van der Waals surface area contributed by atoms with Crippen molar-refractivity contribution in [1.82, 2.24) is 0 Å². The first-order chi connectivity index (χ1) is 8.21. The van der Waals surface area contributed by atoms with Crippen LogP contribution in [0.3, 0.4) is 0 Å². The van der Waals surface area contributed by atoms with Crippen molar-refractivity contribution in [3.8, 4) is 0 Å². The molecule has 3 nitrogen and oxygen atoms in total. The first-order valence-electron chi connectivity index (χ1n) is 6.39. The fraction of sp³-hybridized carbons (Fsp3) is 0.500. The van der Waals surface area contributed by atoms with Crippen molar-refractivity contribution in [2.45, 2.75) is 33.6 Å². The highest BCUT2D eigenvalue weighted by Gasteiger charge is 2.00. The van der Waals surface area contributed by atoms with Crippen molar-refractivity contribution in [1.29, 1.82) is 0 Å². The summed E-state index contributed by atoms with van der Waals surface area (Å²) in [6.45, 7) is 8.48. The summed E-state index contributed by atoms with van der Waals surface area (Å²) < 4.78 is 0. The van der Waals surface area contributed by atoms with Crippen LogP contribution in [0.25, 0.3) is 0 Å². The van der Waals surface area contributed by atoms with Gasteiger partial charge in [-0.1, -0.05) is 6.92 Å². The molecule has 0 aliphatic heterocycles. The third-order valence-corrected chi connectivity index (χ3v) is 2.76. The molecular weight excluding hydrogens is 210 g/mol. The van der Waals surface area contributed by atoms with Crippen LogP contribution in [0.1, 0.15) is 33.6 Å². The van der Waals surface area contributed by atoms with Crippen LogP contribution < -0.4 is 10.6 Å². The maximum atomic E-state index is 5.81. The van der Waals surface area contributed by atoms with E-state index >= 15 is 0 Å². The molecule has 0 aromatic heterocycles. The predicted octanol–water partition coefficient (Wildman–Crippen LogP) is 3.32. The van der Waals surface area contributed by atoms with Crippen LogP contribution in [0.15, 0.2) is 29.3 Å². The molecule has 0 heterocycles. The molecule has 0 radical (unpaired) electrons. The van der Waals surface area contributed by atoms with Crippen molar-refractivity contribution in [2.24, 2.45) is 10.7 Å². The van der Waals surface area contributed by atoms with Crippen LogP contribution >= 0.6 is 0 Å². The molecule has 0 atom stereocenters. The number of hydrogen-bond donors (Lipinski definition) is 1. The van der Waals surface area contributed by atoms with Gasteiger partial charge < -0.3 is 10.6 Å². The minimum Gasteiger partial charge on any atom is -0.387 e. The van der Waals surface area contributed by atoms with Gasteiger partial charge in [-0.2, -0.15) is 0 Å². The lowest BCUT2D eigenvalue weighted by Gasteiger charge is -2.20. The number of amidine groups is 1. The summed E-state index contributed by atoms with van der Waals surface area (Å²) in [5.74, 6) is 0.711. The van der Waals surface area contributed by atoms with E-state index in [-0.39, 0.29) is 0 Å². The highest BCUT2D eigenvalue weighted by atomic mass is 15.1. The zero-order valence-corrected chi connectivity index (χ0v) is 11.1. The SMILES string of the molecule is CCCC(N)=Nc1ccc(N(CC)CC)cc1. The van der Waals surface area contributed by atoms with Crippen molar-refractivity contribution in [3.05, 3.63) is 24.3 Å². The van der Waals surface area contributed by atoms with Gasteiger partial charge in [-0.15, -0.1) is 0 Å². The summed E-state index contributed by atoms with van der Waals surface area (Å²) in [6, 6.07) is 8.25. The van der Waals surface area contributed by atoms with Gasteiger partial charge in [-0.3, -0.25) is 0 Å². The highest BCUT2D eigenvalue weighted by molar-refractivity contribution is 5.83. The number of nitrogens with two attached hydrogens (primary N) is 1. The first kappa shape index (κ1) is 13.6. The summed E-state index contributed by atoms with van der Waals surface area (Å²) in [6.07, 6.45) is 1.89. The molecule has 17 heavy (non-hydrogen) atoms. The van der Waals surface area contributed by atoms with Gasteiger partial charge in [0, 0.05) is 25.2 Å². The topological polar surface area (TPSA) is 41.6 Å². The van der Waals surface area contributed by atoms with Crippen LogP contribution in [0.4, 0.5) is 11.4 Å². The van der Waals surface area contributed by atoms with Crippen LogP contribution in [0.5, 0.6) is 0 Å². The lowest BCUT2D eigenvalue weighted by molar-refractivity contribution is 0.866. The summed E-state index contributed by atoms with van der Waals surface area (Å²) in [5, 5.41) is 0. The second-order valence-corrected chi connectivity index (χ2v) is 4.04. The third-order valence-electron chi connectivity index (χ3n) is 2.76. The average molecular weight is 233 g/mol. The molecule has 0 saturated carbocycles. The van der Waals surface area contributed by atoms with Gasteiger partial charge in [0.15, 0.2) is 0 Å². The summed E-state index contributed by atoms with van der Waals surface area (Å²) in [5.41, 5.74) is 7.98. The molecule has 0 spiro atoms. The fourth-order valence-corrected chi connectivity index (χ4v) is 1.80. The lowest BCUT2D eigenvalue weighted by atomic mass is 10.2. The Bertz CT molecular complexity index is 350. The minimum absolute atomic E-state index is 0.711. The number of rotatable bonds is 6. The van der Waals surface area contributed by atoms with Gasteiger partial charge in [0.05, 0.1) is 11.5 Å². The molecule has 3 heteroatoms. The summed E-state index contributed by atoms with van der Waals surface area (Å²) >= 11 is 0. The smallest absolute Gasteiger partial charge is 0.0996 e. The Labute approximate surface area is 104 Å². The zero-order valence-electron chi connectivity index (χ0n) is 11.1. The maximum Gasteiger partial charge on any atom is 0.0996 e. The van der Waals surface area contributed by atoms with Crippen LogP contribution in [-0.4, -0.2) is 18.9 Å². The molecule has 1 aromatic rings. The molecule has 0 aliphatic rings. The van der Waals surface area contributed by atoms with E-state index in [9.17, 15) is 0 Å². The van der Waals surface area contributed by atoms with Crippen molar-refractivity contribution >= 4 is 17.2 Å². The lowest BCUT2D eigenvalue weighted by Crippen LogP contribution is -2.21. The second kappa shape index (κ2) is 6.94. The van der Waals surface area contributed by atoms with E-state index < -0.39 is 0 Å². The average Bonchev–Trinajstić information content (AvgIpc) is 2.33. The van der Waals surface area contributed by atoms with E-state index in [1.807, 2.05) is 12.1 Å². The Hall–Kier alpha value is -1.51. The van der Waals surface area contributed by atoms with Gasteiger partial charge in [-0.05, 0) is 44.5 Å². The van der Waals surface area contributed by atoms with Crippen LogP contribution in [0.2, 0.25) is 0 Å². The monoisotopic (exact) mass is 233 g/mol. The largest absolute Gasteiger partial charge is 0.387 e. The zero-order chi connectivity index (χ0) is 12.7. The number of nitrogens with zero attached hydrogens (tertiary/aromatic N) is 2. The third kappa shape index (κ3) is 4.10. The van der Waals surface area contributed by atoms with Crippen LogP contribution in [-0.2, 0) is 0 Å². The normalized spacial score (nSPS) is 11.6. The van der Waals surface area contributed by atoms with Gasteiger partial charge >= 0.3 is 0 Å². The van der Waals surface area contributed by atoms with E-state index in [0.717, 1.165) is 31.6 Å². The van der Waals surface area contributed by atoms with Gasteiger partial charge in [0.1, 0.15) is 0 Å². The van der Waals surface area contributed by atoms with Crippen molar-refractivity contribution < 1.29 is 0 Å². The molecule has 94 valence electrons. The Balaban J connectivity index is 2.77. The second-order valence-electron chi connectivity index (χ2n) is 4.04. The van der Waals surface area contributed by atoms with E-state index in [1.54, 1.807) is 0 Å². The highest BCUT2D eigenvalue weighted by Crippen LogP contribution is 2.19. The maximum absolute atomic E-state index is 5.81. The molecule has 2 N–H and O–H groups in total. The molecule has 1 rings (SSSR count). The van der Waals surface area contributed by atoms with Gasteiger partial charge in [0.2, 0.25) is 0 Å². The Morgan fingerprint density at radius 1 is 1.12 bits per heavy atom. The number of aliphatic imine (C=N–C) groups is 1. The molecule has 0 fully saturated rings. The molecule has 0 amide bonds. The first-order valence-corrected chi connectivity index (χ1v) is 6.39. The van der Waals surface area contributed by atoms with E-state index in [1.165, 1.54) is 5.69 Å². The predicted molar refractivity (Wildman–Crippen MR) is 76.2 cm³/mol. The van der Waals surface area contributed by atoms with Crippen molar-refractivity contribution in [2.75, 3.05) is 18.0 Å². The van der Waals surface area contributed by atoms with E-state index in [4.69, 9.17) is 5.73 Å². The molecule has 1 aromatic carbocycles. The summed E-state index contributed by atoms with van der Waals surface area (Å²) in [7, 11) is 0. The standard InChI is InChI=1S/C14H23N3/c1-4-7-14(15)16-12-8-10-13(11-9-12)17(5-2)6-3/h8-11H,4-7H2,1-3H3,(H2,15,16). The molecule has 0 bridgehead atoms. The minimum atomic E-state index is 0.711. The molecular formula is C14H23N3. The van der Waals surface area contributed by atoms with E-state index in [2.05, 4.69) is 42.8 Å². The van der Waals surface area contributed by atoms with Gasteiger partial charge in [-0.25, -0.2) is 4.99 Å². The molecule has 0 unspecified atom stereocenters. The Morgan fingerprint density at radius 3 is 2.18 bits per heavy atom. The molecule has 0 saturated heterocycles. The Kier molecular flexibility index (Phi) is 5.53. The fourth-order valence-electron chi connectivity index (χ4n) is 1.80. The number of benzene rings is 1. The van der Waals surface area contributed by atoms with Gasteiger partial charge in [0.25, 0.3) is 0 Å². The summed E-state index contributed by atoms with van der Waals surface area (Å²) in [4.78, 5) is 6.69. The molecule has 0 aliphatic carbocycles. The van der Waals surface area contributed by atoms with Crippen LogP contribution in [0, 0.1) is 0 Å². The quantitative estimate of drug-likeness (QED) is 0.605. The van der Waals surface area contributed by atoms with Crippen molar-refractivity contribution in [3.63, 3.8) is 0 Å². The van der Waals surface area contributed by atoms with E-state index in [0.29, 0.717) is 5.84 Å². The Morgan fingerprint density at radius 2 is 1.71 bits per heavy atom.